The second kappa shape index (κ2) is 6.46. The highest BCUT2D eigenvalue weighted by Crippen LogP contribution is 2.34. The zero-order valence-corrected chi connectivity index (χ0v) is 13.4. The largest absolute Gasteiger partial charge is 0.454 e. The van der Waals surface area contributed by atoms with Crippen LogP contribution in [0.3, 0.4) is 0 Å². The molecule has 6 nitrogen and oxygen atoms in total. The van der Waals surface area contributed by atoms with Gasteiger partial charge in [0, 0.05) is 24.2 Å². The maximum atomic E-state index is 14.3. The third kappa shape index (κ3) is 3.57. The summed E-state index contributed by atoms with van der Waals surface area (Å²) < 4.78 is 32.7. The predicted molar refractivity (Wildman–Crippen MR) is 88.1 cm³/mol. The molecule has 1 aromatic heterocycles. The highest BCUT2D eigenvalue weighted by Gasteiger charge is 2.35. The number of nitrogens with zero attached hydrogens (tertiary/aromatic N) is 2. The van der Waals surface area contributed by atoms with Crippen LogP contribution in [0.1, 0.15) is 29.4 Å². The molecule has 3 rings (SSSR count). The molecule has 0 aliphatic carbocycles. The molecule has 0 unspecified atom stereocenters. The third-order valence-electron chi connectivity index (χ3n) is 3.94. The Bertz CT molecular complexity index is 839. The van der Waals surface area contributed by atoms with Gasteiger partial charge in [-0.2, -0.15) is 0 Å². The van der Waals surface area contributed by atoms with Gasteiger partial charge in [-0.3, -0.25) is 4.79 Å². The van der Waals surface area contributed by atoms with Gasteiger partial charge in [0.1, 0.15) is 22.9 Å². The van der Waals surface area contributed by atoms with Crippen molar-refractivity contribution < 1.29 is 18.3 Å². The average Bonchev–Trinajstić information content (AvgIpc) is 2.57. The van der Waals surface area contributed by atoms with E-state index in [0.717, 1.165) is 12.3 Å². The molecule has 25 heavy (non-hydrogen) atoms. The Balaban J connectivity index is 1.85. The lowest BCUT2D eigenvalue weighted by Gasteiger charge is -2.33. The number of anilines is 1. The SMILES string of the molecule is C[C@@]1(c2cc(NC(=O)c3ccc(F)cn3)ccc2F)CCN=C(N)O1. The van der Waals surface area contributed by atoms with Crippen molar-refractivity contribution >= 4 is 17.6 Å². The molecule has 0 fully saturated rings. The molecule has 2 heterocycles. The number of hydrogen-bond acceptors (Lipinski definition) is 5. The minimum absolute atomic E-state index is 0.00176. The zero-order chi connectivity index (χ0) is 18.0. The van der Waals surface area contributed by atoms with Gasteiger partial charge in [0.05, 0.1) is 6.20 Å². The van der Waals surface area contributed by atoms with Gasteiger partial charge >= 0.3 is 0 Å². The fraction of sp³-hybridized carbons (Fsp3) is 0.235. The second-order valence-electron chi connectivity index (χ2n) is 5.81. The van der Waals surface area contributed by atoms with E-state index in [0.29, 0.717) is 18.7 Å². The van der Waals surface area contributed by atoms with Crippen LogP contribution < -0.4 is 11.1 Å². The summed E-state index contributed by atoms with van der Waals surface area (Å²) >= 11 is 0. The van der Waals surface area contributed by atoms with Crippen LogP contribution in [0.4, 0.5) is 14.5 Å². The van der Waals surface area contributed by atoms with Crippen LogP contribution in [0, 0.1) is 11.6 Å². The van der Waals surface area contributed by atoms with Crippen LogP contribution in [0.5, 0.6) is 0 Å². The maximum absolute atomic E-state index is 14.3. The Labute approximate surface area is 142 Å². The van der Waals surface area contributed by atoms with Crippen LogP contribution in [0.15, 0.2) is 41.5 Å². The molecule has 8 heteroatoms. The molecule has 3 N–H and O–H groups in total. The summed E-state index contributed by atoms with van der Waals surface area (Å²) in [7, 11) is 0. The monoisotopic (exact) mass is 346 g/mol. The van der Waals surface area contributed by atoms with Crippen molar-refractivity contribution in [2.24, 2.45) is 10.7 Å². The van der Waals surface area contributed by atoms with Crippen LogP contribution in [-0.2, 0) is 10.3 Å². The van der Waals surface area contributed by atoms with E-state index in [-0.39, 0.29) is 17.3 Å². The summed E-state index contributed by atoms with van der Waals surface area (Å²) in [5, 5.41) is 2.61. The first kappa shape index (κ1) is 16.8. The summed E-state index contributed by atoms with van der Waals surface area (Å²) in [5.41, 5.74) is 5.28. The van der Waals surface area contributed by atoms with E-state index in [9.17, 15) is 13.6 Å². The van der Waals surface area contributed by atoms with Crippen molar-refractivity contribution in [1.29, 1.82) is 0 Å². The Hall–Kier alpha value is -3.03. The predicted octanol–water partition coefficient (Wildman–Crippen LogP) is 2.56. The molecule has 130 valence electrons. The summed E-state index contributed by atoms with van der Waals surface area (Å²) in [4.78, 5) is 19.8. The number of ether oxygens (including phenoxy) is 1. The van der Waals surface area contributed by atoms with E-state index < -0.39 is 23.1 Å². The Morgan fingerprint density at radius 1 is 1.32 bits per heavy atom. The van der Waals surface area contributed by atoms with Crippen molar-refractivity contribution in [3.05, 3.63) is 59.4 Å². The number of amidine groups is 1. The molecule has 1 aliphatic heterocycles. The lowest BCUT2D eigenvalue weighted by molar-refractivity contribution is 0.0482. The Morgan fingerprint density at radius 3 is 2.80 bits per heavy atom. The molecule has 0 bridgehead atoms. The normalized spacial score (nSPS) is 19.7. The van der Waals surface area contributed by atoms with Crippen molar-refractivity contribution in [3.63, 3.8) is 0 Å². The molecular weight excluding hydrogens is 330 g/mol. The smallest absolute Gasteiger partial charge is 0.282 e. The van der Waals surface area contributed by atoms with E-state index in [1.807, 2.05) is 0 Å². The van der Waals surface area contributed by atoms with E-state index in [1.54, 1.807) is 6.92 Å². The molecule has 1 atom stereocenters. The highest BCUT2D eigenvalue weighted by atomic mass is 19.1. The van der Waals surface area contributed by atoms with Gasteiger partial charge in [-0.1, -0.05) is 0 Å². The quantitative estimate of drug-likeness (QED) is 0.894. The van der Waals surface area contributed by atoms with Crippen molar-refractivity contribution in [3.8, 4) is 0 Å². The maximum Gasteiger partial charge on any atom is 0.282 e. The molecular formula is C17H16F2N4O2. The van der Waals surface area contributed by atoms with Crippen molar-refractivity contribution in [1.82, 2.24) is 4.98 Å². The number of aromatic nitrogens is 1. The molecule has 1 aromatic carbocycles. The lowest BCUT2D eigenvalue weighted by atomic mass is 9.90. The molecule has 0 saturated carbocycles. The first-order chi connectivity index (χ1) is 11.9. The number of nitrogens with one attached hydrogen (secondary N) is 1. The lowest BCUT2D eigenvalue weighted by Crippen LogP contribution is -2.38. The molecule has 1 aliphatic rings. The Morgan fingerprint density at radius 2 is 2.12 bits per heavy atom. The number of pyridine rings is 1. The van der Waals surface area contributed by atoms with Crippen molar-refractivity contribution in [2.45, 2.75) is 18.9 Å². The van der Waals surface area contributed by atoms with Crippen LogP contribution in [-0.4, -0.2) is 23.5 Å². The number of carbonyl (C=O) groups excluding carboxylic acids is 1. The van der Waals surface area contributed by atoms with Crippen molar-refractivity contribution in [2.75, 3.05) is 11.9 Å². The number of rotatable bonds is 3. The summed E-state index contributed by atoms with van der Waals surface area (Å²) in [5.74, 6) is -1.55. The highest BCUT2D eigenvalue weighted by molar-refractivity contribution is 6.02. The minimum Gasteiger partial charge on any atom is -0.454 e. The number of amides is 1. The first-order valence-electron chi connectivity index (χ1n) is 7.59. The number of halogens is 2. The fourth-order valence-corrected chi connectivity index (χ4v) is 2.60. The Kier molecular flexibility index (Phi) is 4.35. The number of benzene rings is 1. The molecule has 1 amide bonds. The number of carbonyl (C=O) groups is 1. The summed E-state index contributed by atoms with van der Waals surface area (Å²) in [6.07, 6.45) is 1.39. The van der Waals surface area contributed by atoms with E-state index in [2.05, 4.69) is 15.3 Å². The van der Waals surface area contributed by atoms with Crippen LogP contribution >= 0.6 is 0 Å². The molecule has 0 radical (unpaired) electrons. The fourth-order valence-electron chi connectivity index (χ4n) is 2.60. The van der Waals surface area contributed by atoms with Crippen LogP contribution in [0.2, 0.25) is 0 Å². The topological polar surface area (TPSA) is 89.6 Å². The van der Waals surface area contributed by atoms with E-state index in [4.69, 9.17) is 10.5 Å². The van der Waals surface area contributed by atoms with Gasteiger partial charge in [0.15, 0.2) is 0 Å². The summed E-state index contributed by atoms with van der Waals surface area (Å²) in [6, 6.07) is 6.53. The molecule has 0 spiro atoms. The first-order valence-corrected chi connectivity index (χ1v) is 7.59. The number of nitrogens with two attached hydrogens (primary N) is 1. The standard InChI is InChI=1S/C17H16F2N4O2/c1-17(6-7-21-16(20)25-17)12-8-11(3-4-13(12)19)23-15(24)14-5-2-10(18)9-22-14/h2-5,8-9H,6-7H2,1H3,(H2,20,21)(H,23,24)/t17-/m0/s1. The molecule has 0 saturated heterocycles. The summed E-state index contributed by atoms with van der Waals surface area (Å²) in [6.45, 7) is 2.12. The minimum atomic E-state index is -0.981. The molecule has 2 aromatic rings. The van der Waals surface area contributed by atoms with Gasteiger partial charge in [-0.25, -0.2) is 18.8 Å². The second-order valence-corrected chi connectivity index (χ2v) is 5.81. The van der Waals surface area contributed by atoms with Gasteiger partial charge in [-0.05, 0) is 37.3 Å². The van der Waals surface area contributed by atoms with Gasteiger partial charge in [0.2, 0.25) is 0 Å². The van der Waals surface area contributed by atoms with Gasteiger partial charge < -0.3 is 15.8 Å². The number of hydrogen-bond donors (Lipinski definition) is 2. The zero-order valence-electron chi connectivity index (χ0n) is 13.4. The van der Waals surface area contributed by atoms with Crippen LogP contribution in [0.25, 0.3) is 0 Å². The average molecular weight is 346 g/mol. The van der Waals surface area contributed by atoms with Gasteiger partial charge in [-0.15, -0.1) is 0 Å². The third-order valence-corrected chi connectivity index (χ3v) is 3.94. The van der Waals surface area contributed by atoms with Gasteiger partial charge in [0.25, 0.3) is 11.9 Å². The van der Waals surface area contributed by atoms with E-state index >= 15 is 0 Å². The van der Waals surface area contributed by atoms with E-state index in [1.165, 1.54) is 24.3 Å². The number of aliphatic imine (C=N–C) groups is 1.